The quantitative estimate of drug-likeness (QED) is 0.162. The minimum absolute atomic E-state index is 0.0873. The van der Waals surface area contributed by atoms with Gasteiger partial charge in [0.05, 0.1) is 11.8 Å². The standard InChI is InChI=1S/C28H22BrN5O3S2/c29-18-12-9-17(10-13-18)25(24-19-6-2-1-5-16(19)11-14-22(24)35)31-32-27(38)33-34-23(36)15-39-28(34)20-7-3-4-8-21(20)30-26(28)37/h1-14,25,31,35H,15H2,(H,30,37)(H2,32,33,38). The Morgan fingerprint density at radius 3 is 2.59 bits per heavy atom. The first kappa shape index (κ1) is 25.6. The molecular formula is C28H22BrN5O3S2. The number of thioether (sulfide) groups is 1. The topological polar surface area (TPSA) is 106 Å². The predicted molar refractivity (Wildman–Crippen MR) is 160 cm³/mol. The second-order valence-corrected chi connectivity index (χ2v) is 11.6. The van der Waals surface area contributed by atoms with Gasteiger partial charge in [-0.05, 0) is 52.8 Å². The van der Waals surface area contributed by atoms with E-state index < -0.39 is 10.9 Å². The Bertz CT molecular complexity index is 1630. The van der Waals surface area contributed by atoms with Crippen LogP contribution in [0.1, 0.15) is 22.7 Å². The van der Waals surface area contributed by atoms with Gasteiger partial charge >= 0.3 is 0 Å². The molecule has 2 aliphatic heterocycles. The maximum absolute atomic E-state index is 13.1. The van der Waals surface area contributed by atoms with E-state index in [1.807, 2.05) is 72.8 Å². The number of halogens is 1. The molecule has 2 aliphatic rings. The summed E-state index contributed by atoms with van der Waals surface area (Å²) >= 11 is 10.3. The fraction of sp³-hybridized carbons (Fsp3) is 0.107. The van der Waals surface area contributed by atoms with Gasteiger partial charge in [-0.15, -0.1) is 11.8 Å². The Balaban J connectivity index is 1.30. The van der Waals surface area contributed by atoms with Gasteiger partial charge in [0.1, 0.15) is 5.75 Å². The number of fused-ring (bicyclic) bond motifs is 3. The molecule has 2 amide bonds. The number of amides is 2. The van der Waals surface area contributed by atoms with Gasteiger partial charge in [0, 0.05) is 21.3 Å². The largest absolute Gasteiger partial charge is 0.508 e. The third kappa shape index (κ3) is 4.41. The van der Waals surface area contributed by atoms with E-state index >= 15 is 0 Å². The van der Waals surface area contributed by atoms with E-state index in [-0.39, 0.29) is 28.4 Å². The van der Waals surface area contributed by atoms with Gasteiger partial charge in [0.2, 0.25) is 4.87 Å². The molecule has 39 heavy (non-hydrogen) atoms. The second kappa shape index (κ2) is 10.2. The molecule has 0 radical (unpaired) electrons. The lowest BCUT2D eigenvalue weighted by molar-refractivity contribution is -0.138. The molecule has 5 N–H and O–H groups in total. The molecule has 6 rings (SSSR count). The predicted octanol–water partition coefficient (Wildman–Crippen LogP) is 4.66. The van der Waals surface area contributed by atoms with Crippen LogP contribution in [0.5, 0.6) is 5.75 Å². The summed E-state index contributed by atoms with van der Waals surface area (Å²) in [6, 6.07) is 25.8. The van der Waals surface area contributed by atoms with Crippen molar-refractivity contribution in [1.29, 1.82) is 0 Å². The van der Waals surface area contributed by atoms with Crippen molar-refractivity contribution >= 4 is 73.3 Å². The number of carbonyl (C=O) groups is 2. The number of phenolic OH excluding ortho intramolecular Hbond substituents is 1. The van der Waals surface area contributed by atoms with Gasteiger partial charge in [-0.2, -0.15) is 0 Å². The number of carbonyl (C=O) groups excluding carboxylic acids is 2. The zero-order valence-corrected chi connectivity index (χ0v) is 23.5. The van der Waals surface area contributed by atoms with Gasteiger partial charge < -0.3 is 10.4 Å². The zero-order valence-electron chi connectivity index (χ0n) is 20.3. The number of hydrogen-bond acceptors (Lipinski definition) is 6. The van der Waals surface area contributed by atoms with Crippen LogP contribution in [0.25, 0.3) is 10.8 Å². The first-order chi connectivity index (χ1) is 18.9. The molecule has 2 unspecified atom stereocenters. The maximum Gasteiger partial charge on any atom is 0.267 e. The van der Waals surface area contributed by atoms with E-state index in [9.17, 15) is 14.7 Å². The fourth-order valence-electron chi connectivity index (χ4n) is 5.03. The molecule has 11 heteroatoms. The van der Waals surface area contributed by atoms with Crippen molar-refractivity contribution in [2.45, 2.75) is 10.9 Å². The maximum atomic E-state index is 13.1. The number of para-hydroxylation sites is 1. The molecule has 8 nitrogen and oxygen atoms in total. The number of aromatic hydroxyl groups is 1. The summed E-state index contributed by atoms with van der Waals surface area (Å²) < 4.78 is 0.919. The van der Waals surface area contributed by atoms with Crippen molar-refractivity contribution in [3.8, 4) is 5.75 Å². The van der Waals surface area contributed by atoms with Crippen molar-refractivity contribution in [2.24, 2.45) is 0 Å². The second-order valence-electron chi connectivity index (χ2n) is 9.08. The fourth-order valence-corrected chi connectivity index (χ4v) is 6.69. The van der Waals surface area contributed by atoms with Crippen LogP contribution in [0.3, 0.4) is 0 Å². The molecule has 1 spiro atoms. The molecule has 0 aromatic heterocycles. The summed E-state index contributed by atoms with van der Waals surface area (Å²) in [6.45, 7) is 0. The number of phenols is 1. The average Bonchev–Trinajstić information content (AvgIpc) is 3.42. The van der Waals surface area contributed by atoms with Crippen LogP contribution in [0.4, 0.5) is 5.69 Å². The Labute approximate surface area is 242 Å². The lowest BCUT2D eigenvalue weighted by Crippen LogP contribution is -2.59. The van der Waals surface area contributed by atoms with Crippen molar-refractivity contribution in [1.82, 2.24) is 21.3 Å². The van der Waals surface area contributed by atoms with Crippen LogP contribution in [-0.2, 0) is 14.5 Å². The highest BCUT2D eigenvalue weighted by Crippen LogP contribution is 2.51. The summed E-state index contributed by atoms with van der Waals surface area (Å²) in [5, 5.41) is 17.1. The lowest BCUT2D eigenvalue weighted by atomic mass is 9.93. The number of thiocarbonyl (C=S) groups is 1. The van der Waals surface area contributed by atoms with Gasteiger partial charge in [0.25, 0.3) is 11.8 Å². The summed E-state index contributed by atoms with van der Waals surface area (Å²) in [4.78, 5) is 24.8. The van der Waals surface area contributed by atoms with Crippen LogP contribution in [-0.4, -0.2) is 32.8 Å². The van der Waals surface area contributed by atoms with Crippen LogP contribution in [0.15, 0.2) is 89.4 Å². The summed E-state index contributed by atoms with van der Waals surface area (Å²) in [7, 11) is 0. The zero-order chi connectivity index (χ0) is 27.1. The minimum atomic E-state index is -1.27. The Morgan fingerprint density at radius 2 is 1.77 bits per heavy atom. The van der Waals surface area contributed by atoms with Crippen molar-refractivity contribution in [2.75, 3.05) is 11.1 Å². The average molecular weight is 621 g/mol. The number of rotatable bonds is 5. The molecule has 4 aromatic rings. The third-order valence-electron chi connectivity index (χ3n) is 6.80. The molecule has 1 saturated heterocycles. The van der Waals surface area contributed by atoms with E-state index in [1.165, 1.54) is 16.8 Å². The molecule has 4 aromatic carbocycles. The van der Waals surface area contributed by atoms with Gasteiger partial charge in [-0.25, -0.2) is 10.4 Å². The molecule has 0 bridgehead atoms. The molecule has 2 atom stereocenters. The van der Waals surface area contributed by atoms with Crippen LogP contribution in [0.2, 0.25) is 0 Å². The first-order valence-corrected chi connectivity index (χ1v) is 14.2. The highest BCUT2D eigenvalue weighted by Gasteiger charge is 2.58. The molecule has 196 valence electrons. The Morgan fingerprint density at radius 1 is 1.03 bits per heavy atom. The Kier molecular flexibility index (Phi) is 6.67. The van der Waals surface area contributed by atoms with Crippen molar-refractivity contribution in [3.63, 3.8) is 0 Å². The van der Waals surface area contributed by atoms with Gasteiger partial charge in [-0.3, -0.25) is 20.4 Å². The summed E-state index contributed by atoms with van der Waals surface area (Å²) in [5.41, 5.74) is 12.1. The lowest BCUT2D eigenvalue weighted by Gasteiger charge is -2.33. The monoisotopic (exact) mass is 619 g/mol. The smallest absolute Gasteiger partial charge is 0.267 e. The molecule has 0 aliphatic carbocycles. The SMILES string of the molecule is O=C1CSC2(C(=O)Nc3ccccc32)N1NC(=S)NNC(c1ccc(Br)cc1)c1c(O)ccc2ccccc12. The number of nitrogens with one attached hydrogen (secondary N) is 4. The van der Waals surface area contributed by atoms with E-state index in [4.69, 9.17) is 12.2 Å². The van der Waals surface area contributed by atoms with Crippen LogP contribution < -0.4 is 21.6 Å². The normalized spacial score (nSPS) is 18.7. The van der Waals surface area contributed by atoms with Crippen molar-refractivity contribution in [3.05, 3.63) is 106 Å². The number of hydrogen-bond donors (Lipinski definition) is 5. The van der Waals surface area contributed by atoms with E-state index in [1.54, 1.807) is 12.1 Å². The highest BCUT2D eigenvalue weighted by atomic mass is 79.9. The Hall–Kier alpha value is -3.64. The van der Waals surface area contributed by atoms with E-state index in [2.05, 4.69) is 37.5 Å². The summed E-state index contributed by atoms with van der Waals surface area (Å²) in [5.74, 6) is -0.335. The first-order valence-electron chi connectivity index (χ1n) is 12.0. The molecule has 2 heterocycles. The van der Waals surface area contributed by atoms with E-state index in [0.29, 0.717) is 16.8 Å². The minimum Gasteiger partial charge on any atom is -0.508 e. The molecule has 0 saturated carbocycles. The van der Waals surface area contributed by atoms with Gasteiger partial charge in [-0.1, -0.05) is 76.6 Å². The highest BCUT2D eigenvalue weighted by molar-refractivity contribution is 9.10. The van der Waals surface area contributed by atoms with E-state index in [0.717, 1.165) is 20.8 Å². The van der Waals surface area contributed by atoms with Gasteiger partial charge in [0.15, 0.2) is 5.11 Å². The third-order valence-corrected chi connectivity index (χ3v) is 8.92. The number of nitrogens with zero attached hydrogens (tertiary/aromatic N) is 1. The number of anilines is 1. The molecule has 1 fully saturated rings. The number of benzene rings is 4. The van der Waals surface area contributed by atoms with Crippen LogP contribution in [0, 0.1) is 0 Å². The molecular weight excluding hydrogens is 598 g/mol. The van der Waals surface area contributed by atoms with Crippen LogP contribution >= 0.6 is 39.9 Å². The summed E-state index contributed by atoms with van der Waals surface area (Å²) in [6.07, 6.45) is 0. The van der Waals surface area contributed by atoms with Crippen molar-refractivity contribution < 1.29 is 14.7 Å². The number of hydrazine groups is 2.